The van der Waals surface area contributed by atoms with E-state index in [1.807, 2.05) is 25.1 Å². The van der Waals surface area contributed by atoms with Crippen LogP contribution in [0.15, 0.2) is 18.2 Å². The van der Waals surface area contributed by atoms with E-state index >= 15 is 0 Å². The second-order valence-corrected chi connectivity index (χ2v) is 5.62. The first-order valence-corrected chi connectivity index (χ1v) is 7.28. The summed E-state index contributed by atoms with van der Waals surface area (Å²) in [6.07, 6.45) is 0. The SMILES string of the molecule is COc1ccc(C)cc1NC(=S)NN1CC[NH+](C)CC1. The number of methoxy groups -OCH3 is 1. The van der Waals surface area contributed by atoms with Gasteiger partial charge in [-0.25, -0.2) is 5.01 Å². The van der Waals surface area contributed by atoms with Gasteiger partial charge in [-0.1, -0.05) is 6.07 Å². The van der Waals surface area contributed by atoms with E-state index in [0.717, 1.165) is 37.6 Å². The number of hydrazine groups is 1. The fourth-order valence-electron chi connectivity index (χ4n) is 2.21. The minimum Gasteiger partial charge on any atom is -0.495 e. The molecule has 0 amide bonds. The summed E-state index contributed by atoms with van der Waals surface area (Å²) in [6, 6.07) is 5.99. The van der Waals surface area contributed by atoms with Crippen LogP contribution in [0.5, 0.6) is 5.75 Å². The van der Waals surface area contributed by atoms with E-state index in [4.69, 9.17) is 17.0 Å². The molecule has 110 valence electrons. The Hall–Kier alpha value is -1.37. The molecule has 3 N–H and O–H groups in total. The first-order valence-electron chi connectivity index (χ1n) is 6.87. The average molecular weight is 295 g/mol. The van der Waals surface area contributed by atoms with Crippen molar-refractivity contribution >= 4 is 23.0 Å². The Morgan fingerprint density at radius 1 is 1.35 bits per heavy atom. The zero-order chi connectivity index (χ0) is 14.5. The van der Waals surface area contributed by atoms with Crippen molar-refractivity contribution < 1.29 is 9.64 Å². The maximum absolute atomic E-state index is 5.37. The van der Waals surface area contributed by atoms with Gasteiger partial charge in [0.15, 0.2) is 5.11 Å². The highest BCUT2D eigenvalue weighted by molar-refractivity contribution is 7.80. The Balaban J connectivity index is 1.92. The van der Waals surface area contributed by atoms with Gasteiger partial charge in [0.25, 0.3) is 0 Å². The standard InChI is InChI=1S/C14H22N4OS/c1-11-4-5-13(19-3)12(10-11)15-14(20)16-18-8-6-17(2)7-9-18/h4-5,10H,6-9H2,1-3H3,(H2,15,16,20)/p+1. The average Bonchev–Trinajstić information content (AvgIpc) is 2.41. The zero-order valence-electron chi connectivity index (χ0n) is 12.3. The van der Waals surface area contributed by atoms with Crippen LogP contribution in [-0.4, -0.2) is 50.5 Å². The third-order valence-corrected chi connectivity index (χ3v) is 3.67. The Labute approximate surface area is 125 Å². The van der Waals surface area contributed by atoms with Crippen LogP contribution in [-0.2, 0) is 0 Å². The van der Waals surface area contributed by atoms with E-state index in [2.05, 4.69) is 22.8 Å². The number of benzene rings is 1. The molecule has 0 aromatic heterocycles. The number of thiocarbonyl (C=S) groups is 1. The number of hydrogen-bond acceptors (Lipinski definition) is 3. The summed E-state index contributed by atoms with van der Waals surface area (Å²) >= 11 is 5.37. The van der Waals surface area contributed by atoms with Crippen molar-refractivity contribution in [3.05, 3.63) is 23.8 Å². The largest absolute Gasteiger partial charge is 0.495 e. The van der Waals surface area contributed by atoms with Crippen LogP contribution < -0.4 is 20.4 Å². The molecule has 0 spiro atoms. The molecule has 5 nitrogen and oxygen atoms in total. The number of ether oxygens (including phenoxy) is 1. The van der Waals surface area contributed by atoms with Crippen LogP contribution in [0, 0.1) is 6.92 Å². The van der Waals surface area contributed by atoms with Crippen LogP contribution >= 0.6 is 12.2 Å². The predicted molar refractivity (Wildman–Crippen MR) is 85.3 cm³/mol. The molecular formula is C14H23N4OS+. The van der Waals surface area contributed by atoms with Gasteiger partial charge in [-0.2, -0.15) is 0 Å². The number of rotatable bonds is 3. The van der Waals surface area contributed by atoms with Gasteiger partial charge < -0.3 is 15.0 Å². The molecular weight excluding hydrogens is 272 g/mol. The van der Waals surface area contributed by atoms with Gasteiger partial charge in [-0.15, -0.1) is 0 Å². The predicted octanol–water partition coefficient (Wildman–Crippen LogP) is 0.0353. The summed E-state index contributed by atoms with van der Waals surface area (Å²) in [6.45, 7) is 6.30. The monoisotopic (exact) mass is 295 g/mol. The van der Waals surface area contributed by atoms with Gasteiger partial charge in [0.2, 0.25) is 0 Å². The topological polar surface area (TPSA) is 41.0 Å². The molecule has 0 radical (unpaired) electrons. The van der Waals surface area contributed by atoms with Crippen molar-refractivity contribution in [1.82, 2.24) is 10.4 Å². The quantitative estimate of drug-likeness (QED) is 0.687. The summed E-state index contributed by atoms with van der Waals surface area (Å²) in [7, 11) is 3.88. The minimum absolute atomic E-state index is 0.605. The van der Waals surface area contributed by atoms with Crippen molar-refractivity contribution in [3.63, 3.8) is 0 Å². The first-order chi connectivity index (χ1) is 9.58. The van der Waals surface area contributed by atoms with Crippen molar-refractivity contribution in [1.29, 1.82) is 0 Å². The number of likely N-dealkylation sites (N-methyl/N-ethyl adjacent to an activating group) is 1. The summed E-state index contributed by atoms with van der Waals surface area (Å²) < 4.78 is 5.34. The molecule has 20 heavy (non-hydrogen) atoms. The zero-order valence-corrected chi connectivity index (χ0v) is 13.1. The van der Waals surface area contributed by atoms with Crippen LogP contribution in [0.3, 0.4) is 0 Å². The Morgan fingerprint density at radius 3 is 2.70 bits per heavy atom. The second kappa shape index (κ2) is 6.88. The van der Waals surface area contributed by atoms with E-state index in [0.29, 0.717) is 5.11 Å². The van der Waals surface area contributed by atoms with Gasteiger partial charge in [0.1, 0.15) is 5.75 Å². The molecule has 6 heteroatoms. The van der Waals surface area contributed by atoms with Gasteiger partial charge in [0, 0.05) is 0 Å². The molecule has 1 aliphatic rings. The normalized spacial score (nSPS) is 16.8. The highest BCUT2D eigenvalue weighted by Gasteiger charge is 2.17. The van der Waals surface area contributed by atoms with E-state index in [1.165, 1.54) is 5.56 Å². The lowest BCUT2D eigenvalue weighted by Crippen LogP contribution is -3.12. The van der Waals surface area contributed by atoms with Crippen molar-refractivity contribution in [2.45, 2.75) is 6.92 Å². The number of piperazine rings is 1. The van der Waals surface area contributed by atoms with Crippen LogP contribution in [0.25, 0.3) is 0 Å². The van der Waals surface area contributed by atoms with E-state index in [1.54, 1.807) is 12.0 Å². The van der Waals surface area contributed by atoms with E-state index in [-0.39, 0.29) is 0 Å². The van der Waals surface area contributed by atoms with E-state index in [9.17, 15) is 0 Å². The molecule has 1 aromatic carbocycles. The van der Waals surface area contributed by atoms with Crippen LogP contribution in [0.4, 0.5) is 5.69 Å². The highest BCUT2D eigenvalue weighted by Crippen LogP contribution is 2.24. The van der Waals surface area contributed by atoms with Crippen molar-refractivity contribution in [3.8, 4) is 5.75 Å². The Kier molecular flexibility index (Phi) is 5.17. The fourth-order valence-corrected chi connectivity index (χ4v) is 2.45. The molecule has 2 rings (SSSR count). The lowest BCUT2D eigenvalue weighted by Gasteiger charge is -2.31. The lowest BCUT2D eigenvalue weighted by atomic mass is 10.2. The molecule has 1 fully saturated rings. The number of nitrogens with one attached hydrogen (secondary N) is 3. The first kappa shape index (κ1) is 15.0. The molecule has 1 saturated heterocycles. The third kappa shape index (κ3) is 4.06. The molecule has 0 atom stereocenters. The Bertz CT molecular complexity index is 472. The smallest absolute Gasteiger partial charge is 0.185 e. The minimum atomic E-state index is 0.605. The molecule has 0 unspecified atom stereocenters. The molecule has 0 saturated carbocycles. The maximum Gasteiger partial charge on any atom is 0.185 e. The third-order valence-electron chi connectivity index (χ3n) is 3.48. The molecule has 0 aliphatic carbocycles. The summed E-state index contributed by atoms with van der Waals surface area (Å²) in [5.74, 6) is 0.794. The molecule has 1 heterocycles. The van der Waals surface area contributed by atoms with Crippen LogP contribution in [0.1, 0.15) is 5.56 Å². The maximum atomic E-state index is 5.37. The molecule has 1 aliphatic heterocycles. The summed E-state index contributed by atoms with van der Waals surface area (Å²) in [4.78, 5) is 1.56. The highest BCUT2D eigenvalue weighted by atomic mass is 32.1. The van der Waals surface area contributed by atoms with Crippen LogP contribution in [0.2, 0.25) is 0 Å². The van der Waals surface area contributed by atoms with Crippen molar-refractivity contribution in [2.24, 2.45) is 0 Å². The number of nitrogens with zero attached hydrogens (tertiary/aromatic N) is 1. The number of anilines is 1. The number of aryl methyl sites for hydroxylation is 1. The lowest BCUT2D eigenvalue weighted by molar-refractivity contribution is -0.884. The van der Waals surface area contributed by atoms with Crippen molar-refractivity contribution in [2.75, 3.05) is 45.7 Å². The van der Waals surface area contributed by atoms with Gasteiger partial charge in [-0.3, -0.25) is 5.43 Å². The Morgan fingerprint density at radius 2 is 2.05 bits per heavy atom. The number of quaternary nitrogens is 1. The fraction of sp³-hybridized carbons (Fsp3) is 0.500. The molecule has 0 bridgehead atoms. The molecule has 1 aromatic rings. The summed E-state index contributed by atoms with van der Waals surface area (Å²) in [5.41, 5.74) is 5.30. The van der Waals surface area contributed by atoms with Gasteiger partial charge >= 0.3 is 0 Å². The van der Waals surface area contributed by atoms with E-state index < -0.39 is 0 Å². The second-order valence-electron chi connectivity index (χ2n) is 5.21. The van der Waals surface area contributed by atoms with Gasteiger partial charge in [-0.05, 0) is 36.8 Å². The number of hydrogen-bond donors (Lipinski definition) is 3. The van der Waals surface area contributed by atoms with Gasteiger partial charge in [0.05, 0.1) is 46.0 Å². The summed E-state index contributed by atoms with van der Waals surface area (Å²) in [5, 5.41) is 5.97.